The topological polar surface area (TPSA) is 79.0 Å². The van der Waals surface area contributed by atoms with Gasteiger partial charge in [0.2, 0.25) is 0 Å². The molecule has 0 spiro atoms. The Morgan fingerprint density at radius 1 is 1.43 bits per heavy atom. The van der Waals surface area contributed by atoms with Gasteiger partial charge in [-0.1, -0.05) is 6.07 Å². The molecule has 0 aromatic heterocycles. The van der Waals surface area contributed by atoms with Gasteiger partial charge in [-0.3, -0.25) is 0 Å². The summed E-state index contributed by atoms with van der Waals surface area (Å²) in [5.74, 6) is 1.23. The van der Waals surface area contributed by atoms with Crippen molar-refractivity contribution < 1.29 is 14.9 Å². The van der Waals surface area contributed by atoms with Crippen LogP contribution in [0.3, 0.4) is 0 Å². The highest BCUT2D eigenvalue weighted by Crippen LogP contribution is 2.19. The van der Waals surface area contributed by atoms with Crippen LogP contribution in [-0.2, 0) is 0 Å². The quantitative estimate of drug-likeness (QED) is 0.656. The van der Waals surface area contributed by atoms with E-state index in [1.165, 1.54) is 6.42 Å². The van der Waals surface area contributed by atoms with Crippen LogP contribution in [0.2, 0.25) is 0 Å². The van der Waals surface area contributed by atoms with E-state index in [1.54, 1.807) is 12.1 Å². The molecule has 1 fully saturated rings. The number of ether oxygens (including phenoxy) is 1. The lowest BCUT2D eigenvalue weighted by Crippen LogP contribution is -2.42. The molecular formula is C16H26N2O3. The Morgan fingerprint density at radius 2 is 2.29 bits per heavy atom. The van der Waals surface area contributed by atoms with Crippen LogP contribution in [0.15, 0.2) is 24.3 Å². The lowest BCUT2D eigenvalue weighted by Gasteiger charge is -2.33. The number of benzene rings is 1. The highest BCUT2D eigenvalue weighted by molar-refractivity contribution is 5.43. The number of β-amino-alcohol motifs (C(OH)–C–C–N with tert-alkyl or cyclic N) is 1. The number of nitrogen functional groups attached to an aromatic ring is 1. The highest BCUT2D eigenvalue weighted by atomic mass is 16.5. The van der Waals surface area contributed by atoms with E-state index < -0.39 is 6.10 Å². The number of hydrogen-bond donors (Lipinski definition) is 3. The number of anilines is 1. The summed E-state index contributed by atoms with van der Waals surface area (Å²) in [4.78, 5) is 2.26. The minimum Gasteiger partial charge on any atom is -0.491 e. The van der Waals surface area contributed by atoms with Gasteiger partial charge in [-0.05, 0) is 43.9 Å². The number of nitrogens with two attached hydrogens (primary N) is 1. The molecule has 118 valence electrons. The Hall–Kier alpha value is -1.30. The molecule has 0 aliphatic carbocycles. The molecule has 1 aliphatic heterocycles. The summed E-state index contributed by atoms with van der Waals surface area (Å²) in [6.45, 7) is 3.10. The van der Waals surface area contributed by atoms with E-state index in [9.17, 15) is 5.11 Å². The molecule has 1 saturated heterocycles. The zero-order valence-electron chi connectivity index (χ0n) is 12.4. The third kappa shape index (κ3) is 5.53. The van der Waals surface area contributed by atoms with Gasteiger partial charge < -0.3 is 25.6 Å². The van der Waals surface area contributed by atoms with Crippen molar-refractivity contribution in [2.75, 3.05) is 38.6 Å². The summed E-state index contributed by atoms with van der Waals surface area (Å²) >= 11 is 0. The molecule has 5 heteroatoms. The smallest absolute Gasteiger partial charge is 0.121 e. The first-order chi connectivity index (χ1) is 10.2. The van der Waals surface area contributed by atoms with E-state index in [0.29, 0.717) is 23.9 Å². The molecule has 2 rings (SSSR count). The molecule has 21 heavy (non-hydrogen) atoms. The minimum atomic E-state index is -0.515. The normalized spacial score (nSPS) is 21.1. The second-order valence-electron chi connectivity index (χ2n) is 5.82. The Labute approximate surface area is 126 Å². The van der Waals surface area contributed by atoms with Crippen LogP contribution < -0.4 is 10.5 Å². The second-order valence-corrected chi connectivity index (χ2v) is 5.82. The summed E-state index contributed by atoms with van der Waals surface area (Å²) in [5, 5.41) is 19.1. The summed E-state index contributed by atoms with van der Waals surface area (Å²) in [6.07, 6.45) is 2.64. The van der Waals surface area contributed by atoms with E-state index in [-0.39, 0.29) is 13.2 Å². The van der Waals surface area contributed by atoms with Gasteiger partial charge >= 0.3 is 0 Å². The Morgan fingerprint density at radius 3 is 3.05 bits per heavy atom. The number of aliphatic hydroxyl groups excluding tert-OH is 2. The summed E-state index contributed by atoms with van der Waals surface area (Å²) < 4.78 is 5.57. The lowest BCUT2D eigenvalue weighted by atomic mass is 9.95. The molecule has 0 radical (unpaired) electrons. The van der Waals surface area contributed by atoms with Crippen molar-refractivity contribution in [3.63, 3.8) is 0 Å². The monoisotopic (exact) mass is 294 g/mol. The molecule has 1 heterocycles. The Bertz CT molecular complexity index is 426. The van der Waals surface area contributed by atoms with Crippen LogP contribution >= 0.6 is 0 Å². The van der Waals surface area contributed by atoms with E-state index in [0.717, 1.165) is 25.9 Å². The van der Waals surface area contributed by atoms with Gasteiger partial charge in [0.05, 0.1) is 0 Å². The van der Waals surface area contributed by atoms with Gasteiger partial charge in [-0.2, -0.15) is 0 Å². The number of piperidine rings is 1. The number of aliphatic hydroxyl groups is 2. The van der Waals surface area contributed by atoms with E-state index in [4.69, 9.17) is 15.6 Å². The molecule has 1 aliphatic rings. The van der Waals surface area contributed by atoms with Crippen molar-refractivity contribution in [3.05, 3.63) is 24.3 Å². The lowest BCUT2D eigenvalue weighted by molar-refractivity contribution is 0.0488. The van der Waals surface area contributed by atoms with E-state index in [2.05, 4.69) is 4.90 Å². The zero-order valence-corrected chi connectivity index (χ0v) is 12.4. The summed E-state index contributed by atoms with van der Waals surface area (Å²) in [5.41, 5.74) is 6.34. The average Bonchev–Trinajstić information content (AvgIpc) is 2.46. The number of nitrogens with zero attached hydrogens (tertiary/aromatic N) is 1. The SMILES string of the molecule is Nc1cccc(OCC(O)CN2CCCC(CCO)C2)c1. The maximum absolute atomic E-state index is 10.1. The van der Waals surface area contributed by atoms with Crippen LogP contribution in [0.25, 0.3) is 0 Å². The third-order valence-electron chi connectivity index (χ3n) is 3.91. The summed E-state index contributed by atoms with van der Waals surface area (Å²) in [6, 6.07) is 7.23. The number of likely N-dealkylation sites (tertiary alicyclic amines) is 1. The maximum Gasteiger partial charge on any atom is 0.121 e. The Kier molecular flexibility index (Phi) is 6.29. The van der Waals surface area contributed by atoms with Gasteiger partial charge in [0.15, 0.2) is 0 Å². The van der Waals surface area contributed by atoms with E-state index >= 15 is 0 Å². The minimum absolute atomic E-state index is 0.250. The average molecular weight is 294 g/mol. The first kappa shape index (κ1) is 16.1. The molecule has 0 saturated carbocycles. The van der Waals surface area contributed by atoms with Gasteiger partial charge in [-0.25, -0.2) is 0 Å². The second kappa shape index (κ2) is 8.22. The van der Waals surface area contributed by atoms with Crippen LogP contribution in [0.1, 0.15) is 19.3 Å². The first-order valence-electron chi connectivity index (χ1n) is 7.67. The van der Waals surface area contributed by atoms with Crippen molar-refractivity contribution in [3.8, 4) is 5.75 Å². The van der Waals surface area contributed by atoms with Crippen molar-refractivity contribution >= 4 is 5.69 Å². The fraction of sp³-hybridized carbons (Fsp3) is 0.625. The van der Waals surface area contributed by atoms with Gasteiger partial charge in [0, 0.05) is 31.5 Å². The number of hydrogen-bond acceptors (Lipinski definition) is 5. The maximum atomic E-state index is 10.1. The highest BCUT2D eigenvalue weighted by Gasteiger charge is 2.21. The fourth-order valence-electron chi connectivity index (χ4n) is 2.88. The molecule has 4 N–H and O–H groups in total. The van der Waals surface area contributed by atoms with Crippen molar-refractivity contribution in [1.29, 1.82) is 0 Å². The predicted molar refractivity (Wildman–Crippen MR) is 83.2 cm³/mol. The molecular weight excluding hydrogens is 268 g/mol. The Balaban J connectivity index is 1.72. The van der Waals surface area contributed by atoms with Crippen LogP contribution in [0, 0.1) is 5.92 Å². The molecule has 1 aromatic carbocycles. The van der Waals surface area contributed by atoms with Crippen LogP contribution in [0.5, 0.6) is 5.75 Å². The first-order valence-corrected chi connectivity index (χ1v) is 7.67. The van der Waals surface area contributed by atoms with Crippen molar-refractivity contribution in [1.82, 2.24) is 4.90 Å². The predicted octanol–water partition coefficient (Wildman–Crippen LogP) is 1.10. The van der Waals surface area contributed by atoms with Crippen LogP contribution in [0.4, 0.5) is 5.69 Å². The standard InChI is InChI=1S/C16H26N2O3/c17-14-4-1-5-16(9-14)21-12-15(20)11-18-7-2-3-13(10-18)6-8-19/h1,4-5,9,13,15,19-20H,2-3,6-8,10-12,17H2. The van der Waals surface area contributed by atoms with Crippen molar-refractivity contribution in [2.45, 2.75) is 25.4 Å². The van der Waals surface area contributed by atoms with Gasteiger partial charge in [0.1, 0.15) is 18.5 Å². The van der Waals surface area contributed by atoms with Gasteiger partial charge in [-0.15, -0.1) is 0 Å². The largest absolute Gasteiger partial charge is 0.491 e. The number of rotatable bonds is 7. The molecule has 0 amide bonds. The molecule has 2 unspecified atom stereocenters. The van der Waals surface area contributed by atoms with Crippen molar-refractivity contribution in [2.24, 2.45) is 5.92 Å². The van der Waals surface area contributed by atoms with Gasteiger partial charge in [0.25, 0.3) is 0 Å². The molecule has 0 bridgehead atoms. The summed E-state index contributed by atoms with van der Waals surface area (Å²) in [7, 11) is 0. The zero-order chi connectivity index (χ0) is 15.1. The third-order valence-corrected chi connectivity index (χ3v) is 3.91. The fourth-order valence-corrected chi connectivity index (χ4v) is 2.88. The molecule has 1 aromatic rings. The molecule has 2 atom stereocenters. The molecule has 5 nitrogen and oxygen atoms in total. The van der Waals surface area contributed by atoms with Crippen LogP contribution in [-0.4, -0.2) is 54.1 Å². The van der Waals surface area contributed by atoms with E-state index in [1.807, 2.05) is 12.1 Å².